The van der Waals surface area contributed by atoms with Crippen LogP contribution in [0.3, 0.4) is 0 Å². The molecule has 0 aliphatic carbocycles. The van der Waals surface area contributed by atoms with E-state index >= 15 is 0 Å². The lowest BCUT2D eigenvalue weighted by atomic mass is 10.3. The van der Waals surface area contributed by atoms with Gasteiger partial charge in [0.25, 0.3) is 0 Å². The number of halogens is 2. The first kappa shape index (κ1) is 19.1. The monoisotopic (exact) mass is 448 g/mol. The Morgan fingerprint density at radius 1 is 0.607 bits per heavy atom. The van der Waals surface area contributed by atoms with Gasteiger partial charge in [0, 0.05) is 34.3 Å². The summed E-state index contributed by atoms with van der Waals surface area (Å²) in [5.74, 6) is 0. The van der Waals surface area contributed by atoms with E-state index < -0.39 is 0 Å². The fourth-order valence-corrected chi connectivity index (χ4v) is 4.11. The van der Waals surface area contributed by atoms with Gasteiger partial charge in [0.2, 0.25) is 10.3 Å². The van der Waals surface area contributed by atoms with E-state index in [1.54, 1.807) is 0 Å². The summed E-state index contributed by atoms with van der Waals surface area (Å²) in [4.78, 5) is 0. The third-order valence-electron chi connectivity index (χ3n) is 3.68. The SMILES string of the molecule is Clc1ccc(Nc2nnc(CCc3nnc(Nc4ccc(Cl)cc4)s3)s2)cc1. The van der Waals surface area contributed by atoms with Gasteiger partial charge >= 0.3 is 0 Å². The second-order valence-electron chi connectivity index (χ2n) is 5.77. The molecular weight excluding hydrogens is 435 g/mol. The van der Waals surface area contributed by atoms with Crippen molar-refractivity contribution in [2.24, 2.45) is 0 Å². The lowest BCUT2D eigenvalue weighted by Crippen LogP contribution is -1.90. The normalized spacial score (nSPS) is 10.8. The summed E-state index contributed by atoms with van der Waals surface area (Å²) >= 11 is 14.8. The molecule has 0 radical (unpaired) electrons. The average Bonchev–Trinajstić information content (AvgIpc) is 3.33. The van der Waals surface area contributed by atoms with Gasteiger partial charge in [-0.1, -0.05) is 45.9 Å². The Labute approximate surface area is 179 Å². The van der Waals surface area contributed by atoms with Gasteiger partial charge in [-0.15, -0.1) is 20.4 Å². The summed E-state index contributed by atoms with van der Waals surface area (Å²) in [5.41, 5.74) is 1.85. The van der Waals surface area contributed by atoms with E-state index in [0.29, 0.717) is 10.0 Å². The molecule has 4 aromatic rings. The van der Waals surface area contributed by atoms with Crippen LogP contribution < -0.4 is 10.6 Å². The molecule has 2 heterocycles. The molecule has 28 heavy (non-hydrogen) atoms. The Hall–Kier alpha value is -2.26. The van der Waals surface area contributed by atoms with Crippen LogP contribution in [-0.2, 0) is 12.8 Å². The Bertz CT molecular complexity index is 961. The molecule has 0 bridgehead atoms. The van der Waals surface area contributed by atoms with Gasteiger partial charge in [0.05, 0.1) is 0 Å². The van der Waals surface area contributed by atoms with Gasteiger partial charge in [0.15, 0.2) is 0 Å². The standard InChI is InChI=1S/C18H14Cl2N6S2/c19-11-1-5-13(6-2-11)21-17-25-23-15(27-17)9-10-16-24-26-18(28-16)22-14-7-3-12(20)4-8-14/h1-8H,9-10H2,(H,21,25)(H,22,26). The highest BCUT2D eigenvalue weighted by molar-refractivity contribution is 7.15. The highest BCUT2D eigenvalue weighted by atomic mass is 35.5. The van der Waals surface area contributed by atoms with E-state index in [2.05, 4.69) is 31.0 Å². The van der Waals surface area contributed by atoms with Gasteiger partial charge in [-0.25, -0.2) is 0 Å². The molecule has 0 fully saturated rings. The van der Waals surface area contributed by atoms with Crippen molar-refractivity contribution < 1.29 is 0 Å². The quantitative estimate of drug-likeness (QED) is 0.362. The molecule has 2 aromatic heterocycles. The van der Waals surface area contributed by atoms with Gasteiger partial charge in [-0.05, 0) is 48.5 Å². The molecule has 2 aromatic carbocycles. The molecule has 0 spiro atoms. The summed E-state index contributed by atoms with van der Waals surface area (Å²) in [6.07, 6.45) is 1.52. The first-order valence-electron chi connectivity index (χ1n) is 8.34. The van der Waals surface area contributed by atoms with E-state index in [9.17, 15) is 0 Å². The molecule has 4 rings (SSSR count). The topological polar surface area (TPSA) is 75.6 Å². The summed E-state index contributed by atoms with van der Waals surface area (Å²) in [5, 5.41) is 28.1. The molecular formula is C18H14Cl2N6S2. The highest BCUT2D eigenvalue weighted by Gasteiger charge is 2.09. The molecule has 0 atom stereocenters. The minimum absolute atomic E-state index is 0.700. The van der Waals surface area contributed by atoms with Crippen molar-refractivity contribution in [1.29, 1.82) is 0 Å². The smallest absolute Gasteiger partial charge is 0.210 e. The van der Waals surface area contributed by atoms with Gasteiger partial charge in [0.1, 0.15) is 10.0 Å². The Morgan fingerprint density at radius 2 is 1.00 bits per heavy atom. The van der Waals surface area contributed by atoms with Crippen LogP contribution in [0, 0.1) is 0 Å². The largest absolute Gasteiger partial charge is 0.330 e. The van der Waals surface area contributed by atoms with Crippen LogP contribution in [-0.4, -0.2) is 20.4 Å². The molecule has 0 saturated carbocycles. The summed E-state index contributed by atoms with van der Waals surface area (Å²) in [6.45, 7) is 0. The zero-order valence-electron chi connectivity index (χ0n) is 14.4. The number of nitrogens with one attached hydrogen (secondary N) is 2. The number of rotatable bonds is 7. The summed E-state index contributed by atoms with van der Waals surface area (Å²) in [6, 6.07) is 14.9. The number of nitrogens with zero attached hydrogens (tertiary/aromatic N) is 4. The number of anilines is 4. The molecule has 0 amide bonds. The highest BCUT2D eigenvalue weighted by Crippen LogP contribution is 2.25. The average molecular weight is 449 g/mol. The van der Waals surface area contributed by atoms with Crippen LogP contribution in [0.2, 0.25) is 10.0 Å². The maximum Gasteiger partial charge on any atom is 0.210 e. The molecule has 142 valence electrons. The number of hydrogen-bond donors (Lipinski definition) is 2. The zero-order chi connectivity index (χ0) is 19.3. The molecule has 6 nitrogen and oxygen atoms in total. The van der Waals surface area contributed by atoms with Crippen LogP contribution in [0.4, 0.5) is 21.6 Å². The fourth-order valence-electron chi connectivity index (χ4n) is 2.34. The maximum atomic E-state index is 5.90. The van der Waals surface area contributed by atoms with Crippen molar-refractivity contribution in [3.8, 4) is 0 Å². The van der Waals surface area contributed by atoms with E-state index in [0.717, 1.165) is 44.5 Å². The lowest BCUT2D eigenvalue weighted by Gasteiger charge is -2.00. The van der Waals surface area contributed by atoms with E-state index in [1.165, 1.54) is 22.7 Å². The Kier molecular flexibility index (Phi) is 6.01. The summed E-state index contributed by atoms with van der Waals surface area (Å²) in [7, 11) is 0. The first-order valence-corrected chi connectivity index (χ1v) is 10.7. The van der Waals surface area contributed by atoms with E-state index in [4.69, 9.17) is 23.2 Å². The second kappa shape index (κ2) is 8.83. The molecule has 10 heteroatoms. The van der Waals surface area contributed by atoms with Crippen LogP contribution in [0.1, 0.15) is 10.0 Å². The van der Waals surface area contributed by atoms with Crippen molar-refractivity contribution in [3.63, 3.8) is 0 Å². The van der Waals surface area contributed by atoms with Gasteiger partial charge in [-0.3, -0.25) is 0 Å². The Morgan fingerprint density at radius 3 is 1.39 bits per heavy atom. The van der Waals surface area contributed by atoms with Crippen LogP contribution in [0.25, 0.3) is 0 Å². The molecule has 0 aliphatic heterocycles. The minimum atomic E-state index is 0.700. The minimum Gasteiger partial charge on any atom is -0.330 e. The number of aryl methyl sites for hydroxylation is 2. The molecule has 0 unspecified atom stereocenters. The van der Waals surface area contributed by atoms with Crippen molar-refractivity contribution in [2.45, 2.75) is 12.8 Å². The number of hydrogen-bond acceptors (Lipinski definition) is 8. The van der Waals surface area contributed by atoms with Crippen molar-refractivity contribution in [3.05, 3.63) is 68.6 Å². The molecule has 2 N–H and O–H groups in total. The van der Waals surface area contributed by atoms with E-state index in [-0.39, 0.29) is 0 Å². The van der Waals surface area contributed by atoms with Crippen molar-refractivity contribution in [1.82, 2.24) is 20.4 Å². The van der Waals surface area contributed by atoms with Gasteiger partial charge in [-0.2, -0.15) is 0 Å². The second-order valence-corrected chi connectivity index (χ2v) is 8.76. The maximum absolute atomic E-state index is 5.90. The molecule has 0 aliphatic rings. The Balaban J connectivity index is 1.31. The van der Waals surface area contributed by atoms with Crippen LogP contribution in [0.15, 0.2) is 48.5 Å². The fraction of sp³-hybridized carbons (Fsp3) is 0.111. The van der Waals surface area contributed by atoms with Crippen molar-refractivity contribution in [2.75, 3.05) is 10.6 Å². The molecule has 0 saturated heterocycles. The first-order chi connectivity index (χ1) is 13.6. The third kappa shape index (κ3) is 5.17. The number of aromatic nitrogens is 4. The number of benzene rings is 2. The predicted octanol–water partition coefficient (Wildman–Crippen LogP) is 5.97. The predicted molar refractivity (Wildman–Crippen MR) is 117 cm³/mol. The third-order valence-corrected chi connectivity index (χ3v) is 5.98. The van der Waals surface area contributed by atoms with Crippen LogP contribution in [0.5, 0.6) is 0 Å². The van der Waals surface area contributed by atoms with Gasteiger partial charge < -0.3 is 10.6 Å². The lowest BCUT2D eigenvalue weighted by molar-refractivity contribution is 0.875. The van der Waals surface area contributed by atoms with E-state index in [1.807, 2.05) is 48.5 Å². The van der Waals surface area contributed by atoms with Crippen molar-refractivity contribution >= 4 is 67.5 Å². The summed E-state index contributed by atoms with van der Waals surface area (Å²) < 4.78 is 0. The van der Waals surface area contributed by atoms with Crippen LogP contribution >= 0.6 is 45.9 Å². The zero-order valence-corrected chi connectivity index (χ0v) is 17.5.